The maximum atomic E-state index is 12.2. The van der Waals surface area contributed by atoms with E-state index in [1.54, 1.807) is 0 Å². The van der Waals surface area contributed by atoms with Gasteiger partial charge in [0.2, 0.25) is 0 Å². The summed E-state index contributed by atoms with van der Waals surface area (Å²) < 4.78 is 24.5. The van der Waals surface area contributed by atoms with Gasteiger partial charge in [0.1, 0.15) is 0 Å². The molecule has 0 aromatic carbocycles. The van der Waals surface area contributed by atoms with E-state index in [4.69, 9.17) is 5.73 Å². The van der Waals surface area contributed by atoms with Crippen molar-refractivity contribution in [1.82, 2.24) is 9.80 Å². The third kappa shape index (κ3) is 3.12. The first-order valence-corrected chi connectivity index (χ1v) is 6.15. The van der Waals surface area contributed by atoms with Crippen molar-refractivity contribution in [3.63, 3.8) is 0 Å². The van der Waals surface area contributed by atoms with E-state index < -0.39 is 6.43 Å². The van der Waals surface area contributed by atoms with Crippen molar-refractivity contribution in [2.45, 2.75) is 37.8 Å². The van der Waals surface area contributed by atoms with Gasteiger partial charge in [0.05, 0.1) is 6.54 Å². The molecule has 94 valence electrons. The molecule has 3 nitrogen and oxygen atoms in total. The van der Waals surface area contributed by atoms with Gasteiger partial charge in [-0.1, -0.05) is 0 Å². The van der Waals surface area contributed by atoms with Gasteiger partial charge in [0, 0.05) is 18.6 Å². The molecule has 2 saturated heterocycles. The highest BCUT2D eigenvalue weighted by molar-refractivity contribution is 4.86. The average Bonchev–Trinajstić information content (AvgIpc) is 2.66. The molecule has 2 N–H and O–H groups in total. The first-order chi connectivity index (χ1) is 7.65. The van der Waals surface area contributed by atoms with Crippen LogP contribution in [0.4, 0.5) is 8.78 Å². The Bertz CT molecular complexity index is 217. The summed E-state index contributed by atoms with van der Waals surface area (Å²) in [4.78, 5) is 4.30. The molecule has 0 aromatic heterocycles. The monoisotopic (exact) mass is 233 g/mol. The van der Waals surface area contributed by atoms with Gasteiger partial charge in [-0.25, -0.2) is 8.78 Å². The summed E-state index contributed by atoms with van der Waals surface area (Å²) in [6.45, 7) is 3.63. The lowest BCUT2D eigenvalue weighted by atomic mass is 10.0. The number of nitrogens with zero attached hydrogens (tertiary/aromatic N) is 2. The minimum Gasteiger partial charge on any atom is -0.328 e. The van der Waals surface area contributed by atoms with E-state index in [0.29, 0.717) is 12.1 Å². The fourth-order valence-corrected chi connectivity index (χ4v) is 2.76. The Hall–Kier alpha value is -0.260. The summed E-state index contributed by atoms with van der Waals surface area (Å²) in [5, 5.41) is 0. The number of nitrogens with two attached hydrogens (primary N) is 1. The van der Waals surface area contributed by atoms with Gasteiger partial charge in [0.15, 0.2) is 0 Å². The van der Waals surface area contributed by atoms with Crippen LogP contribution in [0.15, 0.2) is 0 Å². The Balaban J connectivity index is 1.75. The first kappa shape index (κ1) is 12.2. The Morgan fingerprint density at radius 3 is 2.44 bits per heavy atom. The Morgan fingerprint density at radius 1 is 1.12 bits per heavy atom. The van der Waals surface area contributed by atoms with Crippen molar-refractivity contribution in [3.05, 3.63) is 0 Å². The van der Waals surface area contributed by atoms with Crippen molar-refractivity contribution >= 4 is 0 Å². The van der Waals surface area contributed by atoms with E-state index in [0.717, 1.165) is 45.4 Å². The van der Waals surface area contributed by atoms with Crippen molar-refractivity contribution in [3.8, 4) is 0 Å². The summed E-state index contributed by atoms with van der Waals surface area (Å²) in [7, 11) is 0. The molecule has 0 bridgehead atoms. The molecular weight excluding hydrogens is 212 g/mol. The quantitative estimate of drug-likeness (QED) is 0.780. The van der Waals surface area contributed by atoms with Gasteiger partial charge in [-0.05, 0) is 38.9 Å². The largest absolute Gasteiger partial charge is 0.328 e. The van der Waals surface area contributed by atoms with Crippen LogP contribution in [0.1, 0.15) is 19.3 Å². The number of piperidine rings is 1. The summed E-state index contributed by atoms with van der Waals surface area (Å²) in [6, 6.07) is 0.820. The van der Waals surface area contributed by atoms with Crippen LogP contribution in [0.3, 0.4) is 0 Å². The van der Waals surface area contributed by atoms with Gasteiger partial charge in [-0.3, -0.25) is 9.80 Å². The van der Waals surface area contributed by atoms with E-state index in [1.165, 1.54) is 0 Å². The molecule has 0 radical (unpaired) electrons. The highest BCUT2D eigenvalue weighted by atomic mass is 19.3. The molecule has 0 saturated carbocycles. The number of rotatable bonds is 3. The number of hydrogen-bond donors (Lipinski definition) is 1. The third-order valence-corrected chi connectivity index (χ3v) is 3.73. The Kier molecular flexibility index (Phi) is 4.10. The lowest BCUT2D eigenvalue weighted by Crippen LogP contribution is -2.46. The Labute approximate surface area is 95.6 Å². The van der Waals surface area contributed by atoms with E-state index >= 15 is 0 Å². The molecule has 1 atom stereocenters. The van der Waals surface area contributed by atoms with Gasteiger partial charge in [0.25, 0.3) is 6.43 Å². The molecule has 0 aromatic rings. The van der Waals surface area contributed by atoms with Crippen LogP contribution < -0.4 is 5.73 Å². The smallest absolute Gasteiger partial charge is 0.251 e. The van der Waals surface area contributed by atoms with Crippen molar-refractivity contribution in [2.75, 3.05) is 32.7 Å². The maximum absolute atomic E-state index is 12.2. The number of likely N-dealkylation sites (tertiary alicyclic amines) is 2. The summed E-state index contributed by atoms with van der Waals surface area (Å²) in [6.07, 6.45) is 0.923. The predicted molar refractivity (Wildman–Crippen MR) is 59.6 cm³/mol. The lowest BCUT2D eigenvalue weighted by molar-refractivity contribution is 0.0913. The van der Waals surface area contributed by atoms with Gasteiger partial charge >= 0.3 is 0 Å². The van der Waals surface area contributed by atoms with Crippen molar-refractivity contribution in [1.29, 1.82) is 0 Å². The van der Waals surface area contributed by atoms with E-state index in [9.17, 15) is 8.78 Å². The zero-order valence-electron chi connectivity index (χ0n) is 9.62. The predicted octanol–water partition coefficient (Wildman–Crippen LogP) is 0.749. The molecule has 2 heterocycles. The molecule has 2 aliphatic heterocycles. The van der Waals surface area contributed by atoms with Crippen LogP contribution in [0.5, 0.6) is 0 Å². The van der Waals surface area contributed by atoms with Crippen LogP contribution >= 0.6 is 0 Å². The van der Waals surface area contributed by atoms with Gasteiger partial charge < -0.3 is 5.73 Å². The maximum Gasteiger partial charge on any atom is 0.251 e. The fraction of sp³-hybridized carbons (Fsp3) is 1.00. The fourth-order valence-electron chi connectivity index (χ4n) is 2.76. The van der Waals surface area contributed by atoms with Gasteiger partial charge in [-0.2, -0.15) is 0 Å². The number of halogens is 2. The minimum absolute atomic E-state index is 0.0656. The molecule has 2 aliphatic rings. The molecule has 5 heteroatoms. The molecule has 16 heavy (non-hydrogen) atoms. The van der Waals surface area contributed by atoms with Crippen LogP contribution in [0, 0.1) is 0 Å². The zero-order valence-corrected chi connectivity index (χ0v) is 9.62. The minimum atomic E-state index is -2.20. The second kappa shape index (κ2) is 5.38. The van der Waals surface area contributed by atoms with Gasteiger partial charge in [-0.15, -0.1) is 0 Å². The van der Waals surface area contributed by atoms with Crippen LogP contribution in [-0.2, 0) is 0 Å². The first-order valence-electron chi connectivity index (χ1n) is 6.15. The standard InChI is InChI=1S/C11H21F2N3/c12-11(13)8-15-4-3-10(7-15)16-5-1-9(14)2-6-16/h9-11H,1-8,14H2. The lowest BCUT2D eigenvalue weighted by Gasteiger charge is -2.34. The van der Waals surface area contributed by atoms with E-state index in [2.05, 4.69) is 4.90 Å². The highest BCUT2D eigenvalue weighted by Gasteiger charge is 2.30. The van der Waals surface area contributed by atoms with Crippen LogP contribution in [-0.4, -0.2) is 61.0 Å². The van der Waals surface area contributed by atoms with Crippen LogP contribution in [0.2, 0.25) is 0 Å². The summed E-state index contributed by atoms with van der Waals surface area (Å²) in [5.74, 6) is 0. The topological polar surface area (TPSA) is 32.5 Å². The number of alkyl halides is 2. The molecule has 0 spiro atoms. The summed E-state index contributed by atoms with van der Waals surface area (Å²) in [5.41, 5.74) is 5.85. The van der Waals surface area contributed by atoms with Crippen molar-refractivity contribution < 1.29 is 8.78 Å². The normalized spacial score (nSPS) is 30.4. The van der Waals surface area contributed by atoms with Crippen molar-refractivity contribution in [2.24, 2.45) is 5.73 Å². The molecule has 0 amide bonds. The number of hydrogen-bond acceptors (Lipinski definition) is 3. The molecule has 1 unspecified atom stereocenters. The van der Waals surface area contributed by atoms with Crippen LogP contribution in [0.25, 0.3) is 0 Å². The molecule has 2 rings (SSSR count). The SMILES string of the molecule is NC1CCN(C2CCN(CC(F)F)C2)CC1. The molecule has 0 aliphatic carbocycles. The third-order valence-electron chi connectivity index (χ3n) is 3.73. The second-order valence-corrected chi connectivity index (χ2v) is 4.97. The van der Waals surface area contributed by atoms with E-state index in [-0.39, 0.29) is 6.54 Å². The Morgan fingerprint density at radius 2 is 1.81 bits per heavy atom. The highest BCUT2D eigenvalue weighted by Crippen LogP contribution is 2.20. The zero-order chi connectivity index (χ0) is 11.5. The summed E-state index contributed by atoms with van der Waals surface area (Å²) >= 11 is 0. The second-order valence-electron chi connectivity index (χ2n) is 4.97. The molecular formula is C11H21F2N3. The molecule has 2 fully saturated rings. The average molecular weight is 233 g/mol. The van der Waals surface area contributed by atoms with E-state index in [1.807, 2.05) is 4.90 Å².